The van der Waals surface area contributed by atoms with Crippen molar-refractivity contribution in [3.05, 3.63) is 27.7 Å². The van der Waals surface area contributed by atoms with Crippen molar-refractivity contribution in [3.8, 4) is 0 Å². The first kappa shape index (κ1) is 15.0. The van der Waals surface area contributed by atoms with Gasteiger partial charge < -0.3 is 5.73 Å². The lowest BCUT2D eigenvalue weighted by molar-refractivity contribution is 0.639. The average molecular weight is 314 g/mol. The summed E-state index contributed by atoms with van der Waals surface area (Å²) in [5, 5.41) is 0.279. The van der Waals surface area contributed by atoms with Crippen molar-refractivity contribution in [2.45, 2.75) is 49.2 Å². The third kappa shape index (κ3) is 3.78. The van der Waals surface area contributed by atoms with Gasteiger partial charge in [-0.05, 0) is 37.0 Å². The van der Waals surface area contributed by atoms with Gasteiger partial charge in [0.2, 0.25) is 0 Å². The van der Waals surface area contributed by atoms with Crippen molar-refractivity contribution in [3.63, 3.8) is 0 Å². The first-order valence-electron chi connectivity index (χ1n) is 6.45. The lowest BCUT2D eigenvalue weighted by atomic mass is 10.1. The van der Waals surface area contributed by atoms with Crippen LogP contribution in [0, 0.1) is 6.92 Å². The van der Waals surface area contributed by atoms with Gasteiger partial charge in [0.1, 0.15) is 5.82 Å². The van der Waals surface area contributed by atoms with E-state index in [9.17, 15) is 0 Å². The molecule has 2 aromatic heterocycles. The second kappa shape index (κ2) is 6.83. The molecule has 2 N–H and O–H groups in total. The zero-order valence-corrected chi connectivity index (χ0v) is 13.9. The Morgan fingerprint density at radius 1 is 1.37 bits per heavy atom. The van der Waals surface area contributed by atoms with Crippen LogP contribution in [0.4, 0.5) is 0 Å². The smallest absolute Gasteiger partial charge is 0.170 e. The summed E-state index contributed by atoms with van der Waals surface area (Å²) >= 11 is 5.06. The third-order valence-corrected chi connectivity index (χ3v) is 6.34. The molecule has 0 aromatic carbocycles. The monoisotopic (exact) mass is 313 g/mol. The Morgan fingerprint density at radius 2 is 2.16 bits per heavy atom. The first-order valence-corrected chi connectivity index (χ1v) is 8.92. The van der Waals surface area contributed by atoms with Gasteiger partial charge in [-0.3, -0.25) is 0 Å². The topological polar surface area (TPSA) is 51.8 Å². The fourth-order valence-electron chi connectivity index (χ4n) is 1.71. The van der Waals surface area contributed by atoms with Crippen LogP contribution in [0.3, 0.4) is 0 Å². The van der Waals surface area contributed by atoms with Gasteiger partial charge in [-0.1, -0.05) is 25.6 Å². The molecule has 0 aliphatic heterocycles. The highest BCUT2D eigenvalue weighted by molar-refractivity contribution is 8.01. The first-order chi connectivity index (χ1) is 9.13. The number of aromatic nitrogens is 2. The molecule has 2 heterocycles. The van der Waals surface area contributed by atoms with Crippen LogP contribution >= 0.6 is 34.6 Å². The largest absolute Gasteiger partial charge is 0.326 e. The molecule has 0 saturated carbocycles. The highest BCUT2D eigenvalue weighted by Gasteiger charge is 2.23. The molecule has 104 valence electrons. The Balaban J connectivity index is 2.18. The van der Waals surface area contributed by atoms with Crippen LogP contribution in [-0.4, -0.2) is 15.4 Å². The van der Waals surface area contributed by atoms with E-state index in [1.807, 2.05) is 11.3 Å². The molecule has 2 atom stereocenters. The number of aryl methyl sites for hydroxylation is 2. The van der Waals surface area contributed by atoms with Gasteiger partial charge >= 0.3 is 0 Å². The summed E-state index contributed by atoms with van der Waals surface area (Å²) in [6, 6.07) is 4.50. The number of thioether (sulfide) groups is 1. The van der Waals surface area contributed by atoms with Gasteiger partial charge in [0, 0.05) is 22.2 Å². The van der Waals surface area contributed by atoms with E-state index in [0.29, 0.717) is 0 Å². The summed E-state index contributed by atoms with van der Waals surface area (Å²) in [5.74, 6) is 0.929. The van der Waals surface area contributed by atoms with E-state index in [1.54, 1.807) is 11.8 Å². The number of hydrogen-bond acceptors (Lipinski definition) is 6. The standard InChI is InChI=1S/C13H19N3S3/c1-4-9(14)12(10-7-6-8(3)17-10)18-13-15-11(5-2)16-19-13/h6-7,9,12H,4-5,14H2,1-3H3. The molecule has 0 spiro atoms. The second-order valence-corrected chi connectivity index (χ2v) is 7.85. The normalized spacial score (nSPS) is 14.5. The summed E-state index contributed by atoms with van der Waals surface area (Å²) < 4.78 is 5.37. The summed E-state index contributed by atoms with van der Waals surface area (Å²) in [7, 11) is 0. The van der Waals surface area contributed by atoms with Crippen molar-refractivity contribution in [2.24, 2.45) is 5.73 Å². The van der Waals surface area contributed by atoms with Crippen LogP contribution in [-0.2, 0) is 6.42 Å². The highest BCUT2D eigenvalue weighted by atomic mass is 32.2. The van der Waals surface area contributed by atoms with Crippen LogP contribution in [0.2, 0.25) is 0 Å². The number of rotatable bonds is 6. The summed E-state index contributed by atoms with van der Waals surface area (Å²) in [4.78, 5) is 7.20. The van der Waals surface area contributed by atoms with E-state index >= 15 is 0 Å². The quantitative estimate of drug-likeness (QED) is 0.818. The van der Waals surface area contributed by atoms with Gasteiger partial charge in [-0.15, -0.1) is 11.3 Å². The van der Waals surface area contributed by atoms with Gasteiger partial charge in [0.15, 0.2) is 4.34 Å². The van der Waals surface area contributed by atoms with Crippen LogP contribution in [0.1, 0.15) is 41.1 Å². The van der Waals surface area contributed by atoms with Gasteiger partial charge in [0.25, 0.3) is 0 Å². The predicted octanol–water partition coefficient (Wildman–Crippen LogP) is 4.04. The number of nitrogens with zero attached hydrogens (tertiary/aromatic N) is 2. The minimum absolute atomic E-state index is 0.150. The molecule has 2 aromatic rings. The van der Waals surface area contributed by atoms with Crippen molar-refractivity contribution in [2.75, 3.05) is 0 Å². The zero-order chi connectivity index (χ0) is 13.8. The Labute approximate surface area is 126 Å². The molecular weight excluding hydrogens is 294 g/mol. The molecule has 0 saturated heterocycles. The molecule has 6 heteroatoms. The van der Waals surface area contributed by atoms with Gasteiger partial charge in [-0.25, -0.2) is 4.98 Å². The molecule has 2 rings (SSSR count). The molecule has 0 radical (unpaired) electrons. The van der Waals surface area contributed by atoms with Crippen LogP contribution < -0.4 is 5.73 Å². The fraction of sp³-hybridized carbons (Fsp3) is 0.538. The number of nitrogens with two attached hydrogens (primary N) is 1. The molecule has 0 bridgehead atoms. The Bertz CT molecular complexity index is 521. The molecule has 0 fully saturated rings. The highest BCUT2D eigenvalue weighted by Crippen LogP contribution is 2.41. The molecule has 2 unspecified atom stereocenters. The number of hydrogen-bond donors (Lipinski definition) is 1. The van der Waals surface area contributed by atoms with Gasteiger partial charge in [0.05, 0.1) is 5.25 Å². The molecule has 0 aliphatic rings. The Morgan fingerprint density at radius 3 is 2.68 bits per heavy atom. The van der Waals surface area contributed by atoms with Gasteiger partial charge in [-0.2, -0.15) is 4.37 Å². The number of thiophene rings is 1. The molecule has 0 amide bonds. The third-order valence-electron chi connectivity index (χ3n) is 2.90. The molecule has 0 aliphatic carbocycles. The maximum atomic E-state index is 6.29. The van der Waals surface area contributed by atoms with Crippen molar-refractivity contribution >= 4 is 34.6 Å². The summed E-state index contributed by atoms with van der Waals surface area (Å²) in [6.45, 7) is 6.35. The average Bonchev–Trinajstić information content (AvgIpc) is 3.03. The summed E-state index contributed by atoms with van der Waals surface area (Å²) in [5.41, 5.74) is 6.29. The second-order valence-electron chi connectivity index (χ2n) is 4.39. The van der Waals surface area contributed by atoms with Crippen molar-refractivity contribution in [1.29, 1.82) is 0 Å². The van der Waals surface area contributed by atoms with E-state index in [-0.39, 0.29) is 11.3 Å². The summed E-state index contributed by atoms with van der Waals surface area (Å²) in [6.07, 6.45) is 1.85. The predicted molar refractivity (Wildman–Crippen MR) is 85.2 cm³/mol. The molecule has 3 nitrogen and oxygen atoms in total. The lowest BCUT2D eigenvalue weighted by Gasteiger charge is -2.19. The lowest BCUT2D eigenvalue weighted by Crippen LogP contribution is -2.25. The molecule has 19 heavy (non-hydrogen) atoms. The van der Waals surface area contributed by atoms with E-state index in [1.165, 1.54) is 21.3 Å². The minimum atomic E-state index is 0.150. The van der Waals surface area contributed by atoms with Crippen molar-refractivity contribution < 1.29 is 0 Å². The van der Waals surface area contributed by atoms with E-state index < -0.39 is 0 Å². The Hall–Kier alpha value is -0.430. The van der Waals surface area contributed by atoms with Crippen LogP contribution in [0.25, 0.3) is 0 Å². The maximum absolute atomic E-state index is 6.29. The minimum Gasteiger partial charge on any atom is -0.326 e. The van der Waals surface area contributed by atoms with Crippen molar-refractivity contribution in [1.82, 2.24) is 9.36 Å². The maximum Gasteiger partial charge on any atom is 0.170 e. The van der Waals surface area contributed by atoms with Crippen LogP contribution in [0.5, 0.6) is 0 Å². The fourth-order valence-corrected chi connectivity index (χ4v) is 4.97. The van der Waals surface area contributed by atoms with E-state index in [0.717, 1.165) is 23.0 Å². The zero-order valence-electron chi connectivity index (χ0n) is 11.4. The Kier molecular flexibility index (Phi) is 5.38. The van der Waals surface area contributed by atoms with E-state index in [4.69, 9.17) is 5.73 Å². The van der Waals surface area contributed by atoms with E-state index in [2.05, 4.69) is 42.3 Å². The molecular formula is C13H19N3S3. The SMILES string of the molecule is CCc1nsc(SC(c2ccc(C)s2)C(N)CC)n1. The van der Waals surface area contributed by atoms with Crippen LogP contribution in [0.15, 0.2) is 16.5 Å².